The van der Waals surface area contributed by atoms with Gasteiger partial charge in [0.05, 0.1) is 6.04 Å². The molecule has 0 aliphatic heterocycles. The summed E-state index contributed by atoms with van der Waals surface area (Å²) in [5, 5.41) is 7.35. The van der Waals surface area contributed by atoms with Crippen molar-refractivity contribution in [2.45, 2.75) is 32.4 Å². The van der Waals surface area contributed by atoms with Gasteiger partial charge in [0.1, 0.15) is 12.7 Å². The van der Waals surface area contributed by atoms with E-state index in [0.29, 0.717) is 12.1 Å². The summed E-state index contributed by atoms with van der Waals surface area (Å²) < 4.78 is 1.88. The molecule has 0 amide bonds. The van der Waals surface area contributed by atoms with Gasteiger partial charge in [0.25, 0.3) is 0 Å². The second kappa shape index (κ2) is 4.21. The van der Waals surface area contributed by atoms with E-state index < -0.39 is 0 Å². The number of nitrogens with zero attached hydrogens (tertiary/aromatic N) is 3. The predicted octanol–water partition coefficient (Wildman–Crippen LogP) is 0.837. The van der Waals surface area contributed by atoms with Crippen molar-refractivity contribution in [2.75, 3.05) is 7.05 Å². The van der Waals surface area contributed by atoms with Gasteiger partial charge in [0, 0.05) is 6.04 Å². The van der Waals surface area contributed by atoms with Crippen molar-refractivity contribution in [1.82, 2.24) is 20.1 Å². The zero-order chi connectivity index (χ0) is 8.97. The zero-order valence-corrected chi connectivity index (χ0v) is 7.86. The van der Waals surface area contributed by atoms with Crippen molar-refractivity contribution in [2.24, 2.45) is 0 Å². The van der Waals surface area contributed by atoms with E-state index >= 15 is 0 Å². The third-order valence-electron chi connectivity index (χ3n) is 2.25. The van der Waals surface area contributed by atoms with Gasteiger partial charge in [0.2, 0.25) is 0 Å². The molecule has 0 spiro atoms. The monoisotopic (exact) mass is 168 g/mol. The van der Waals surface area contributed by atoms with Gasteiger partial charge in [-0.1, -0.05) is 6.92 Å². The van der Waals surface area contributed by atoms with Crippen molar-refractivity contribution >= 4 is 0 Å². The van der Waals surface area contributed by atoms with Crippen molar-refractivity contribution < 1.29 is 0 Å². The quantitative estimate of drug-likeness (QED) is 0.724. The molecule has 0 radical (unpaired) electrons. The highest BCUT2D eigenvalue weighted by Crippen LogP contribution is 2.10. The molecule has 0 aliphatic rings. The lowest BCUT2D eigenvalue weighted by atomic mass is 10.1. The second-order valence-corrected chi connectivity index (χ2v) is 2.92. The van der Waals surface area contributed by atoms with Crippen LogP contribution in [0, 0.1) is 0 Å². The molecule has 1 heterocycles. The molecule has 1 N–H and O–H groups in total. The first-order chi connectivity index (χ1) is 5.79. The Bertz CT molecular complexity index is 203. The number of rotatable bonds is 4. The van der Waals surface area contributed by atoms with Crippen LogP contribution in [0.5, 0.6) is 0 Å². The SMILES string of the molecule is CCC(NC)C(C)n1cncn1. The van der Waals surface area contributed by atoms with Crippen LogP contribution in [0.1, 0.15) is 26.3 Å². The van der Waals surface area contributed by atoms with Gasteiger partial charge in [-0.3, -0.25) is 0 Å². The minimum Gasteiger partial charge on any atom is -0.315 e. The first kappa shape index (κ1) is 9.19. The topological polar surface area (TPSA) is 42.7 Å². The smallest absolute Gasteiger partial charge is 0.137 e. The van der Waals surface area contributed by atoms with Crippen LogP contribution in [0.4, 0.5) is 0 Å². The average molecular weight is 168 g/mol. The van der Waals surface area contributed by atoms with Crippen LogP contribution in [-0.2, 0) is 0 Å². The van der Waals surface area contributed by atoms with Crippen LogP contribution < -0.4 is 5.32 Å². The maximum atomic E-state index is 4.10. The molecule has 2 unspecified atom stereocenters. The summed E-state index contributed by atoms with van der Waals surface area (Å²) in [7, 11) is 1.97. The van der Waals surface area contributed by atoms with Crippen LogP contribution >= 0.6 is 0 Å². The number of nitrogens with one attached hydrogen (secondary N) is 1. The molecule has 1 aromatic heterocycles. The third-order valence-corrected chi connectivity index (χ3v) is 2.25. The number of hydrogen-bond acceptors (Lipinski definition) is 3. The summed E-state index contributed by atoms with van der Waals surface area (Å²) in [5.74, 6) is 0. The van der Waals surface area contributed by atoms with Crippen LogP contribution in [0.2, 0.25) is 0 Å². The van der Waals surface area contributed by atoms with E-state index in [9.17, 15) is 0 Å². The molecule has 1 rings (SSSR count). The van der Waals surface area contributed by atoms with Gasteiger partial charge in [-0.2, -0.15) is 5.10 Å². The molecular formula is C8H16N4. The fourth-order valence-corrected chi connectivity index (χ4v) is 1.40. The van der Waals surface area contributed by atoms with E-state index in [1.54, 1.807) is 12.7 Å². The van der Waals surface area contributed by atoms with Gasteiger partial charge in [-0.25, -0.2) is 9.67 Å². The molecule has 0 bridgehead atoms. The molecule has 0 saturated carbocycles. The van der Waals surface area contributed by atoms with Crippen molar-refractivity contribution in [3.05, 3.63) is 12.7 Å². The number of aromatic nitrogens is 3. The zero-order valence-electron chi connectivity index (χ0n) is 7.86. The van der Waals surface area contributed by atoms with Crippen molar-refractivity contribution in [3.63, 3.8) is 0 Å². The fraction of sp³-hybridized carbons (Fsp3) is 0.750. The summed E-state index contributed by atoms with van der Waals surface area (Å²) in [6.07, 6.45) is 4.42. The molecule has 68 valence electrons. The van der Waals surface area contributed by atoms with Crippen molar-refractivity contribution in [1.29, 1.82) is 0 Å². The highest BCUT2D eigenvalue weighted by molar-refractivity contribution is 4.75. The maximum Gasteiger partial charge on any atom is 0.137 e. The Labute approximate surface area is 73.0 Å². The first-order valence-corrected chi connectivity index (χ1v) is 4.31. The maximum absolute atomic E-state index is 4.10. The molecule has 0 aliphatic carbocycles. The lowest BCUT2D eigenvalue weighted by Gasteiger charge is -2.21. The third kappa shape index (κ3) is 1.82. The molecule has 2 atom stereocenters. The molecule has 0 fully saturated rings. The van der Waals surface area contributed by atoms with Gasteiger partial charge >= 0.3 is 0 Å². The Hall–Kier alpha value is -0.900. The molecule has 0 aromatic carbocycles. The number of likely N-dealkylation sites (N-methyl/N-ethyl adjacent to an activating group) is 1. The first-order valence-electron chi connectivity index (χ1n) is 4.31. The standard InChI is InChI=1S/C8H16N4/c1-4-8(9-3)7(2)12-6-10-5-11-12/h5-9H,4H2,1-3H3. The highest BCUT2D eigenvalue weighted by Gasteiger charge is 2.14. The molecular weight excluding hydrogens is 152 g/mol. The fourth-order valence-electron chi connectivity index (χ4n) is 1.40. The molecule has 1 aromatic rings. The summed E-state index contributed by atoms with van der Waals surface area (Å²) in [6, 6.07) is 0.828. The molecule has 4 nitrogen and oxygen atoms in total. The normalized spacial score (nSPS) is 15.9. The average Bonchev–Trinajstić information content (AvgIpc) is 2.58. The summed E-state index contributed by atoms with van der Waals surface area (Å²) in [6.45, 7) is 4.30. The summed E-state index contributed by atoms with van der Waals surface area (Å²) in [5.41, 5.74) is 0. The lowest BCUT2D eigenvalue weighted by Crippen LogP contribution is -2.33. The van der Waals surface area contributed by atoms with E-state index in [0.717, 1.165) is 6.42 Å². The Morgan fingerprint density at radius 3 is 2.75 bits per heavy atom. The predicted molar refractivity (Wildman–Crippen MR) is 47.9 cm³/mol. The molecule has 12 heavy (non-hydrogen) atoms. The minimum absolute atomic E-state index is 0.363. The van der Waals surface area contributed by atoms with Gasteiger partial charge in [-0.05, 0) is 20.4 Å². The van der Waals surface area contributed by atoms with E-state index in [2.05, 4.69) is 29.2 Å². The van der Waals surface area contributed by atoms with E-state index in [1.807, 2.05) is 11.7 Å². The van der Waals surface area contributed by atoms with E-state index in [4.69, 9.17) is 0 Å². The van der Waals surface area contributed by atoms with E-state index in [1.165, 1.54) is 0 Å². The Morgan fingerprint density at radius 1 is 1.58 bits per heavy atom. The van der Waals surface area contributed by atoms with Gasteiger partial charge < -0.3 is 5.32 Å². The largest absolute Gasteiger partial charge is 0.315 e. The number of hydrogen-bond donors (Lipinski definition) is 1. The Kier molecular flexibility index (Phi) is 3.22. The molecule has 4 heteroatoms. The van der Waals surface area contributed by atoms with Crippen LogP contribution in [-0.4, -0.2) is 27.9 Å². The van der Waals surface area contributed by atoms with Crippen LogP contribution in [0.3, 0.4) is 0 Å². The summed E-state index contributed by atoms with van der Waals surface area (Å²) >= 11 is 0. The van der Waals surface area contributed by atoms with Crippen LogP contribution in [0.25, 0.3) is 0 Å². The Balaban J connectivity index is 2.63. The highest BCUT2D eigenvalue weighted by atomic mass is 15.3. The van der Waals surface area contributed by atoms with Gasteiger partial charge in [-0.15, -0.1) is 0 Å². The Morgan fingerprint density at radius 2 is 2.33 bits per heavy atom. The lowest BCUT2D eigenvalue weighted by molar-refractivity contribution is 0.355. The van der Waals surface area contributed by atoms with Crippen molar-refractivity contribution in [3.8, 4) is 0 Å². The summed E-state index contributed by atoms with van der Waals surface area (Å²) in [4.78, 5) is 3.92. The second-order valence-electron chi connectivity index (χ2n) is 2.92. The van der Waals surface area contributed by atoms with Gasteiger partial charge in [0.15, 0.2) is 0 Å². The van der Waals surface area contributed by atoms with Crippen LogP contribution in [0.15, 0.2) is 12.7 Å². The minimum atomic E-state index is 0.363. The molecule has 0 saturated heterocycles. The van der Waals surface area contributed by atoms with E-state index in [-0.39, 0.29) is 0 Å².